The zero-order valence-electron chi connectivity index (χ0n) is 38.8. The van der Waals surface area contributed by atoms with Crippen LogP contribution in [-0.2, 0) is 37.5 Å². The van der Waals surface area contributed by atoms with Crippen LogP contribution in [0, 0.1) is 0 Å². The lowest BCUT2D eigenvalue weighted by Crippen LogP contribution is -2.34. The second-order valence-electron chi connectivity index (χ2n) is 16.6. The number of carbonyl (C=O) groups excluding carboxylic acids is 2. The Morgan fingerprint density at radius 1 is 0.508 bits per heavy atom. The molecule has 0 amide bonds. The van der Waals surface area contributed by atoms with Gasteiger partial charge in [0.05, 0.1) is 13.2 Å². The van der Waals surface area contributed by atoms with Gasteiger partial charge >= 0.3 is 25.7 Å². The van der Waals surface area contributed by atoms with Crippen LogP contribution in [0.5, 0.6) is 0 Å². The molecule has 0 spiro atoms. The largest absolute Gasteiger partial charge is 0.480 e. The molecule has 356 valence electrons. The van der Waals surface area contributed by atoms with Crippen LogP contribution in [0.4, 0.5) is 0 Å². The number of phosphoric ester groups is 1. The molecule has 0 heterocycles. The Hall–Kier alpha value is -2.30. The molecule has 11 nitrogen and oxygen atoms in total. The number of unbranched alkanes of at least 4 members (excludes halogenated alkanes) is 26. The first-order chi connectivity index (χ1) is 29.6. The van der Waals surface area contributed by atoms with E-state index in [4.69, 9.17) is 24.8 Å². The number of esters is 2. The Balaban J connectivity index is 4.27. The predicted octanol–water partition coefficient (Wildman–Crippen LogP) is 13.6. The summed E-state index contributed by atoms with van der Waals surface area (Å²) in [6, 6.07) is -1.53. The average Bonchev–Trinajstić information content (AvgIpc) is 3.24. The second-order valence-corrected chi connectivity index (χ2v) is 18.1. The van der Waals surface area contributed by atoms with Gasteiger partial charge in [0.25, 0.3) is 0 Å². The van der Waals surface area contributed by atoms with Crippen molar-refractivity contribution >= 4 is 25.7 Å². The third-order valence-corrected chi connectivity index (χ3v) is 11.6. The summed E-state index contributed by atoms with van der Waals surface area (Å²) < 4.78 is 32.8. The van der Waals surface area contributed by atoms with Gasteiger partial charge in [0.1, 0.15) is 12.6 Å². The van der Waals surface area contributed by atoms with Crippen molar-refractivity contribution in [3.8, 4) is 0 Å². The Morgan fingerprint density at radius 2 is 0.869 bits per heavy atom. The average molecular weight is 884 g/mol. The number of rotatable bonds is 46. The number of hydrogen-bond donors (Lipinski definition) is 3. The molecule has 0 saturated heterocycles. The minimum atomic E-state index is -4.73. The summed E-state index contributed by atoms with van der Waals surface area (Å²) >= 11 is 0. The number of carboxylic acid groups (broad SMARTS) is 1. The zero-order chi connectivity index (χ0) is 44.9. The van der Waals surface area contributed by atoms with E-state index in [1.165, 1.54) is 135 Å². The van der Waals surface area contributed by atoms with E-state index in [0.29, 0.717) is 12.8 Å². The first-order valence-corrected chi connectivity index (χ1v) is 26.0. The number of allylic oxidation sites excluding steroid dienone is 6. The third-order valence-electron chi connectivity index (χ3n) is 10.6. The SMILES string of the molecule is CCCCC/C=C/C/C=C/C/C=C/CCCCC(=O)OC[C@@H](COP(=O)(O)OC[C@H](N)C(=O)O)OC(=O)CCCCCCCCCCCCCCCCCCCCCCCC. The fourth-order valence-corrected chi connectivity index (χ4v) is 7.56. The van der Waals surface area contributed by atoms with E-state index >= 15 is 0 Å². The van der Waals surface area contributed by atoms with Gasteiger partial charge in [-0.2, -0.15) is 0 Å². The van der Waals surface area contributed by atoms with Gasteiger partial charge in [-0.1, -0.05) is 198 Å². The molecule has 12 heteroatoms. The Bertz CT molecular complexity index is 1180. The Kier molecular flexibility index (Phi) is 42.6. The van der Waals surface area contributed by atoms with E-state index in [2.05, 4.69) is 54.8 Å². The van der Waals surface area contributed by atoms with E-state index < -0.39 is 51.1 Å². The van der Waals surface area contributed by atoms with Crippen LogP contribution in [-0.4, -0.2) is 59.9 Å². The molecule has 0 aromatic carbocycles. The van der Waals surface area contributed by atoms with Crippen molar-refractivity contribution in [2.75, 3.05) is 19.8 Å². The smallest absolute Gasteiger partial charge is 0.472 e. The molecule has 0 saturated carbocycles. The van der Waals surface area contributed by atoms with Crippen LogP contribution in [0.15, 0.2) is 36.5 Å². The topological polar surface area (TPSA) is 172 Å². The van der Waals surface area contributed by atoms with Crippen LogP contribution >= 0.6 is 7.82 Å². The van der Waals surface area contributed by atoms with Gasteiger partial charge in [-0.05, 0) is 51.4 Å². The van der Waals surface area contributed by atoms with Gasteiger partial charge < -0.3 is 25.2 Å². The molecule has 0 aliphatic heterocycles. The summed E-state index contributed by atoms with van der Waals surface area (Å²) in [5.41, 5.74) is 5.34. The maximum atomic E-state index is 12.7. The van der Waals surface area contributed by atoms with E-state index in [1.807, 2.05) is 0 Å². The molecular formula is C49H90NO10P. The predicted molar refractivity (Wildman–Crippen MR) is 249 cm³/mol. The third kappa shape index (κ3) is 44.1. The lowest BCUT2D eigenvalue weighted by Gasteiger charge is -2.20. The Morgan fingerprint density at radius 3 is 1.33 bits per heavy atom. The van der Waals surface area contributed by atoms with Crippen molar-refractivity contribution < 1.29 is 47.5 Å². The van der Waals surface area contributed by atoms with Crippen LogP contribution in [0.3, 0.4) is 0 Å². The fourth-order valence-electron chi connectivity index (χ4n) is 6.78. The molecule has 0 radical (unpaired) electrons. The molecule has 0 rings (SSSR count). The minimum absolute atomic E-state index is 0.157. The molecule has 0 aromatic heterocycles. The van der Waals surface area contributed by atoms with E-state index in [9.17, 15) is 23.8 Å². The molecular weight excluding hydrogens is 794 g/mol. The van der Waals surface area contributed by atoms with E-state index in [-0.39, 0.29) is 19.4 Å². The first-order valence-electron chi connectivity index (χ1n) is 24.5. The summed E-state index contributed by atoms with van der Waals surface area (Å²) in [6.45, 7) is 2.77. The normalized spacial score (nSPS) is 13.9. The number of carboxylic acids is 1. The number of hydrogen-bond acceptors (Lipinski definition) is 9. The maximum absolute atomic E-state index is 12.7. The molecule has 61 heavy (non-hydrogen) atoms. The summed E-state index contributed by atoms with van der Waals surface area (Å²) in [6.07, 6.45) is 49.3. The lowest BCUT2D eigenvalue weighted by molar-refractivity contribution is -0.161. The van der Waals surface area contributed by atoms with Crippen molar-refractivity contribution in [2.24, 2.45) is 5.73 Å². The van der Waals surface area contributed by atoms with Crippen LogP contribution in [0.25, 0.3) is 0 Å². The lowest BCUT2D eigenvalue weighted by atomic mass is 10.0. The monoisotopic (exact) mass is 884 g/mol. The van der Waals surface area contributed by atoms with Crippen molar-refractivity contribution in [3.05, 3.63) is 36.5 Å². The molecule has 4 N–H and O–H groups in total. The number of ether oxygens (including phenoxy) is 2. The first kappa shape index (κ1) is 58.7. The standard InChI is InChI=1S/C49H90NO10P/c1-3-5-7-9-11-13-15-17-19-20-21-22-23-24-25-27-29-31-33-35-37-39-41-48(52)60-45(43-58-61(55,56)59-44-46(50)49(53)54)42-57-47(51)40-38-36-34-32-30-28-26-18-16-14-12-10-8-6-4-2/h12,14,18,26,30,32,45-46H,3-11,13,15-17,19-25,27-29,31,33-44,50H2,1-2H3,(H,53,54)(H,55,56)/b14-12+,26-18+,32-30+/t45-,46-/m0/s1. The van der Waals surface area contributed by atoms with Gasteiger partial charge in [0.2, 0.25) is 0 Å². The van der Waals surface area contributed by atoms with Gasteiger partial charge in [0.15, 0.2) is 6.10 Å². The van der Waals surface area contributed by atoms with E-state index in [0.717, 1.165) is 51.4 Å². The number of aliphatic carboxylic acids is 1. The quantitative estimate of drug-likeness (QED) is 0.0230. The Labute approximate surface area is 372 Å². The number of carbonyl (C=O) groups is 3. The van der Waals surface area contributed by atoms with Gasteiger partial charge in [0, 0.05) is 12.8 Å². The summed E-state index contributed by atoms with van der Waals surface area (Å²) in [4.78, 5) is 46.1. The molecule has 0 aromatic rings. The molecule has 0 fully saturated rings. The highest BCUT2D eigenvalue weighted by atomic mass is 31.2. The highest BCUT2D eigenvalue weighted by molar-refractivity contribution is 7.47. The van der Waals surface area contributed by atoms with Crippen molar-refractivity contribution in [1.82, 2.24) is 0 Å². The zero-order valence-corrected chi connectivity index (χ0v) is 39.7. The van der Waals surface area contributed by atoms with Crippen molar-refractivity contribution in [2.45, 2.75) is 238 Å². The van der Waals surface area contributed by atoms with Crippen LogP contribution in [0.2, 0.25) is 0 Å². The van der Waals surface area contributed by atoms with Gasteiger partial charge in [-0.3, -0.25) is 23.4 Å². The van der Waals surface area contributed by atoms with Crippen molar-refractivity contribution in [1.29, 1.82) is 0 Å². The minimum Gasteiger partial charge on any atom is -0.480 e. The molecule has 0 aliphatic carbocycles. The molecule has 0 bridgehead atoms. The van der Waals surface area contributed by atoms with Gasteiger partial charge in [-0.15, -0.1) is 0 Å². The molecule has 3 atom stereocenters. The highest BCUT2D eigenvalue weighted by Gasteiger charge is 2.28. The second kappa shape index (κ2) is 44.3. The molecule has 1 unspecified atom stereocenters. The van der Waals surface area contributed by atoms with Crippen LogP contribution in [0.1, 0.15) is 226 Å². The number of nitrogens with two attached hydrogens (primary N) is 1. The fraction of sp³-hybridized carbons (Fsp3) is 0.816. The van der Waals surface area contributed by atoms with Gasteiger partial charge in [-0.25, -0.2) is 4.57 Å². The van der Waals surface area contributed by atoms with Crippen LogP contribution < -0.4 is 5.73 Å². The maximum Gasteiger partial charge on any atom is 0.472 e. The summed E-state index contributed by atoms with van der Waals surface area (Å²) in [7, 11) is -4.73. The summed E-state index contributed by atoms with van der Waals surface area (Å²) in [5, 5.41) is 8.91. The molecule has 0 aliphatic rings. The highest BCUT2D eigenvalue weighted by Crippen LogP contribution is 2.43. The summed E-state index contributed by atoms with van der Waals surface area (Å²) in [5.74, 6) is -2.42. The van der Waals surface area contributed by atoms with Crippen molar-refractivity contribution in [3.63, 3.8) is 0 Å². The van der Waals surface area contributed by atoms with E-state index in [1.54, 1.807) is 0 Å². The number of phosphoric acid groups is 1.